The minimum Gasteiger partial charge on any atom is -0.326 e. The zero-order valence-electron chi connectivity index (χ0n) is 17.4. The molecule has 1 heterocycles. The number of benzene rings is 3. The van der Waals surface area contributed by atoms with Gasteiger partial charge in [0.25, 0.3) is 15.9 Å². The molecule has 1 N–H and O–H groups in total. The van der Waals surface area contributed by atoms with Crippen LogP contribution in [-0.2, 0) is 19.6 Å². The highest BCUT2D eigenvalue weighted by molar-refractivity contribution is 7.90. The molecular formula is C24H18ClN3O4S. The van der Waals surface area contributed by atoms with E-state index in [2.05, 4.69) is 10.3 Å². The van der Waals surface area contributed by atoms with Gasteiger partial charge in [0.2, 0.25) is 5.91 Å². The number of nitrogens with zero attached hydrogens (tertiary/aromatic N) is 2. The molecule has 0 aliphatic carbocycles. The normalized spacial score (nSPS) is 15.0. The first-order valence-electron chi connectivity index (χ1n) is 9.84. The first-order valence-corrected chi connectivity index (χ1v) is 11.7. The Labute approximate surface area is 196 Å². The predicted molar refractivity (Wildman–Crippen MR) is 127 cm³/mol. The summed E-state index contributed by atoms with van der Waals surface area (Å²) >= 11 is 5.92. The van der Waals surface area contributed by atoms with Crippen LogP contribution in [0.2, 0.25) is 5.02 Å². The highest BCUT2D eigenvalue weighted by atomic mass is 35.5. The van der Waals surface area contributed by atoms with Gasteiger partial charge in [0, 0.05) is 23.2 Å². The third-order valence-electron chi connectivity index (χ3n) is 4.74. The number of anilines is 1. The van der Waals surface area contributed by atoms with E-state index in [1.165, 1.54) is 37.3 Å². The highest BCUT2D eigenvalue weighted by Crippen LogP contribution is 2.29. The summed E-state index contributed by atoms with van der Waals surface area (Å²) in [5, 5.41) is 3.12. The van der Waals surface area contributed by atoms with Crippen LogP contribution < -0.4 is 5.32 Å². The topological polar surface area (TPSA) is 95.9 Å². The van der Waals surface area contributed by atoms with Crippen LogP contribution >= 0.6 is 11.6 Å². The molecule has 4 rings (SSSR count). The smallest absolute Gasteiger partial charge is 0.292 e. The van der Waals surface area contributed by atoms with Gasteiger partial charge in [0.05, 0.1) is 4.90 Å². The fourth-order valence-electron chi connectivity index (χ4n) is 3.23. The van der Waals surface area contributed by atoms with E-state index in [4.69, 9.17) is 11.6 Å². The Morgan fingerprint density at radius 2 is 1.61 bits per heavy atom. The van der Waals surface area contributed by atoms with Gasteiger partial charge in [-0.05, 0) is 48.0 Å². The van der Waals surface area contributed by atoms with Crippen LogP contribution in [0.1, 0.15) is 18.1 Å². The van der Waals surface area contributed by atoms with Crippen molar-refractivity contribution in [1.29, 1.82) is 0 Å². The molecule has 0 unspecified atom stereocenters. The van der Waals surface area contributed by atoms with E-state index in [1.54, 1.807) is 54.6 Å². The molecule has 166 valence electrons. The van der Waals surface area contributed by atoms with Crippen molar-refractivity contribution >= 4 is 51.0 Å². The summed E-state index contributed by atoms with van der Waals surface area (Å²) in [6, 6.07) is 20.9. The Bertz CT molecular complexity index is 1380. The minimum absolute atomic E-state index is 0.00625. The molecule has 1 aliphatic heterocycles. The lowest BCUT2D eigenvalue weighted by Gasteiger charge is -2.18. The van der Waals surface area contributed by atoms with Crippen molar-refractivity contribution in [2.45, 2.75) is 11.8 Å². The second kappa shape index (κ2) is 9.01. The van der Waals surface area contributed by atoms with Crippen LogP contribution in [0, 0.1) is 0 Å². The van der Waals surface area contributed by atoms with Crippen molar-refractivity contribution < 1.29 is 18.0 Å². The SMILES string of the molecule is CC(=O)Nc1ccc(S(=O)(=O)N2C(=O)/C(=C\c3ccc(Cl)cc3)N=C2c2ccccc2)cc1. The van der Waals surface area contributed by atoms with Gasteiger partial charge in [-0.3, -0.25) is 9.59 Å². The maximum Gasteiger partial charge on any atom is 0.292 e. The molecule has 2 amide bonds. The molecule has 33 heavy (non-hydrogen) atoms. The summed E-state index contributed by atoms with van der Waals surface area (Å²) in [7, 11) is -4.28. The Balaban J connectivity index is 1.78. The van der Waals surface area contributed by atoms with Gasteiger partial charge in [-0.25, -0.2) is 13.4 Å². The monoisotopic (exact) mass is 479 g/mol. The largest absolute Gasteiger partial charge is 0.326 e. The van der Waals surface area contributed by atoms with Crippen LogP contribution in [0.15, 0.2) is 94.4 Å². The van der Waals surface area contributed by atoms with Gasteiger partial charge < -0.3 is 5.32 Å². The molecule has 0 atom stereocenters. The quantitative estimate of drug-likeness (QED) is 0.551. The van der Waals surface area contributed by atoms with Gasteiger partial charge in [-0.1, -0.05) is 54.1 Å². The van der Waals surface area contributed by atoms with E-state index >= 15 is 0 Å². The molecule has 3 aromatic carbocycles. The molecule has 7 nitrogen and oxygen atoms in total. The molecular weight excluding hydrogens is 462 g/mol. The number of sulfonamides is 1. The van der Waals surface area contributed by atoms with E-state index in [-0.39, 0.29) is 22.3 Å². The summed E-state index contributed by atoms with van der Waals surface area (Å²) in [6.45, 7) is 1.35. The van der Waals surface area contributed by atoms with Crippen molar-refractivity contribution in [3.63, 3.8) is 0 Å². The van der Waals surface area contributed by atoms with Crippen molar-refractivity contribution in [3.05, 3.63) is 101 Å². The summed E-state index contributed by atoms with van der Waals surface area (Å²) in [5.41, 5.74) is 1.55. The molecule has 0 spiro atoms. The van der Waals surface area contributed by atoms with Gasteiger partial charge >= 0.3 is 0 Å². The van der Waals surface area contributed by atoms with Crippen molar-refractivity contribution in [2.75, 3.05) is 5.32 Å². The lowest BCUT2D eigenvalue weighted by atomic mass is 10.2. The fourth-order valence-corrected chi connectivity index (χ4v) is 4.73. The van der Waals surface area contributed by atoms with Crippen LogP contribution in [0.5, 0.6) is 0 Å². The Hall–Kier alpha value is -3.75. The van der Waals surface area contributed by atoms with Gasteiger partial charge in [0.15, 0.2) is 5.84 Å². The predicted octanol–water partition coefficient (Wildman–Crippen LogP) is 4.32. The van der Waals surface area contributed by atoms with Crippen molar-refractivity contribution in [3.8, 4) is 0 Å². The molecule has 0 saturated carbocycles. The molecule has 9 heteroatoms. The summed E-state index contributed by atoms with van der Waals surface area (Å²) in [5.74, 6) is -1.04. The number of rotatable bonds is 5. The number of amides is 2. The van der Waals surface area contributed by atoms with Crippen LogP contribution in [-0.4, -0.2) is 30.4 Å². The Morgan fingerprint density at radius 1 is 0.970 bits per heavy atom. The number of hydrogen-bond donors (Lipinski definition) is 1. The Morgan fingerprint density at radius 3 is 2.21 bits per heavy atom. The molecule has 0 bridgehead atoms. The standard InChI is InChI=1S/C24H18ClN3O4S/c1-16(29)26-20-11-13-21(14-12-20)33(31,32)28-23(18-5-3-2-4-6-18)27-22(24(28)30)15-17-7-9-19(25)10-8-17/h2-15H,1H3,(H,26,29)/b22-15+. The second-order valence-corrected chi connectivity index (χ2v) is 9.39. The van der Waals surface area contributed by atoms with E-state index in [1.807, 2.05) is 0 Å². The number of halogens is 1. The van der Waals surface area contributed by atoms with E-state index in [0.717, 1.165) is 0 Å². The van der Waals surface area contributed by atoms with E-state index in [0.29, 0.717) is 26.1 Å². The average molecular weight is 480 g/mol. The van der Waals surface area contributed by atoms with E-state index < -0.39 is 15.9 Å². The number of hydrogen-bond acceptors (Lipinski definition) is 5. The third kappa shape index (κ3) is 4.72. The second-order valence-electron chi connectivity index (χ2n) is 7.16. The number of nitrogens with one attached hydrogen (secondary N) is 1. The molecule has 0 fully saturated rings. The maximum absolute atomic E-state index is 13.5. The molecule has 1 aliphatic rings. The summed E-state index contributed by atoms with van der Waals surface area (Å²) < 4.78 is 27.7. The fraction of sp³-hybridized carbons (Fsp3) is 0.0417. The molecule has 0 radical (unpaired) electrons. The molecule has 0 aromatic heterocycles. The molecule has 0 saturated heterocycles. The minimum atomic E-state index is -4.28. The van der Waals surface area contributed by atoms with E-state index in [9.17, 15) is 18.0 Å². The van der Waals surface area contributed by atoms with Gasteiger partial charge in [0.1, 0.15) is 5.70 Å². The Kier molecular flexibility index (Phi) is 6.13. The van der Waals surface area contributed by atoms with Crippen LogP contribution in [0.4, 0.5) is 5.69 Å². The zero-order chi connectivity index (χ0) is 23.6. The maximum atomic E-state index is 13.5. The first-order chi connectivity index (χ1) is 15.8. The number of carbonyl (C=O) groups is 2. The van der Waals surface area contributed by atoms with Crippen LogP contribution in [0.3, 0.4) is 0 Å². The number of aliphatic imine (C=N–C) groups is 1. The van der Waals surface area contributed by atoms with Gasteiger partial charge in [-0.2, -0.15) is 4.31 Å². The number of amidine groups is 1. The van der Waals surface area contributed by atoms with Crippen molar-refractivity contribution in [1.82, 2.24) is 4.31 Å². The number of carbonyl (C=O) groups excluding carboxylic acids is 2. The van der Waals surface area contributed by atoms with Crippen molar-refractivity contribution in [2.24, 2.45) is 4.99 Å². The summed E-state index contributed by atoms with van der Waals surface area (Å²) in [6.07, 6.45) is 1.51. The van der Waals surface area contributed by atoms with Gasteiger partial charge in [-0.15, -0.1) is 0 Å². The summed E-state index contributed by atoms with van der Waals surface area (Å²) in [4.78, 5) is 28.8. The lowest BCUT2D eigenvalue weighted by molar-refractivity contribution is -0.119. The van der Waals surface area contributed by atoms with Crippen LogP contribution in [0.25, 0.3) is 6.08 Å². The lowest BCUT2D eigenvalue weighted by Crippen LogP contribution is -2.38. The highest BCUT2D eigenvalue weighted by Gasteiger charge is 2.40. The third-order valence-corrected chi connectivity index (χ3v) is 6.68. The average Bonchev–Trinajstić information content (AvgIpc) is 3.12. The molecule has 3 aromatic rings. The first kappa shape index (κ1) is 22.4. The zero-order valence-corrected chi connectivity index (χ0v) is 19.0.